The number of benzene rings is 2. The van der Waals surface area contributed by atoms with Crippen molar-refractivity contribution in [1.82, 2.24) is 10.2 Å². The van der Waals surface area contributed by atoms with Crippen molar-refractivity contribution in [3.05, 3.63) is 112 Å². The largest absolute Gasteiger partial charge is 0.467 e. The van der Waals surface area contributed by atoms with E-state index in [4.69, 9.17) is 14.1 Å². The number of halogens is 3. The topological polar surface area (TPSA) is 84.1 Å². The fourth-order valence-corrected chi connectivity index (χ4v) is 5.40. The summed E-state index contributed by atoms with van der Waals surface area (Å²) in [6.45, 7) is 1.96. The zero-order chi connectivity index (χ0) is 28.3. The van der Waals surface area contributed by atoms with E-state index in [1.54, 1.807) is 53.6 Å². The van der Waals surface area contributed by atoms with E-state index < -0.39 is 23.8 Å². The highest BCUT2D eigenvalue weighted by Crippen LogP contribution is 2.47. The van der Waals surface area contributed by atoms with Gasteiger partial charge in [-0.25, -0.2) is 9.79 Å². The maximum atomic E-state index is 13.5. The summed E-state index contributed by atoms with van der Waals surface area (Å²) < 4.78 is 50.8. The molecule has 1 unspecified atom stereocenters. The molecule has 7 nitrogen and oxygen atoms in total. The smallest absolute Gasteiger partial charge is 0.416 e. The summed E-state index contributed by atoms with van der Waals surface area (Å²) in [6.07, 6.45) is -3.07. The summed E-state index contributed by atoms with van der Waals surface area (Å²) in [5, 5.41) is 5.05. The minimum Gasteiger partial charge on any atom is -0.467 e. The molecule has 0 aliphatic carbocycles. The molecule has 1 atom stereocenters. The summed E-state index contributed by atoms with van der Waals surface area (Å²) in [5.74, 6) is -0.357. The van der Waals surface area contributed by atoms with Gasteiger partial charge in [0.2, 0.25) is 5.91 Å². The molecule has 0 spiro atoms. The van der Waals surface area contributed by atoms with E-state index in [1.165, 1.54) is 30.2 Å². The number of carbonyl (C=O) groups is 2. The van der Waals surface area contributed by atoms with Gasteiger partial charge in [-0.15, -0.1) is 0 Å². The lowest BCUT2D eigenvalue weighted by Gasteiger charge is -2.37. The minimum atomic E-state index is -4.52. The van der Waals surface area contributed by atoms with Crippen LogP contribution in [0.15, 0.2) is 99.1 Å². The zero-order valence-electron chi connectivity index (χ0n) is 21.3. The van der Waals surface area contributed by atoms with Crippen molar-refractivity contribution in [2.45, 2.75) is 32.1 Å². The summed E-state index contributed by atoms with van der Waals surface area (Å²) >= 11 is 1.27. The van der Waals surface area contributed by atoms with E-state index >= 15 is 0 Å². The number of esters is 1. The van der Waals surface area contributed by atoms with Crippen molar-refractivity contribution >= 4 is 34.5 Å². The Balaban J connectivity index is 1.56. The predicted molar refractivity (Wildman–Crippen MR) is 144 cm³/mol. The summed E-state index contributed by atoms with van der Waals surface area (Å²) in [4.78, 5) is 32.8. The van der Waals surface area contributed by atoms with Gasteiger partial charge in [-0.2, -0.15) is 13.2 Å². The molecule has 0 saturated carbocycles. The van der Waals surface area contributed by atoms with Crippen LogP contribution in [0.3, 0.4) is 0 Å². The van der Waals surface area contributed by atoms with Crippen LogP contribution in [0.4, 0.5) is 13.2 Å². The molecule has 206 valence electrons. The third kappa shape index (κ3) is 5.69. The van der Waals surface area contributed by atoms with Crippen LogP contribution in [0.2, 0.25) is 0 Å². The number of ether oxygens (including phenoxy) is 1. The monoisotopic (exact) mass is 567 g/mol. The number of furan rings is 1. The number of nitrogens with zero attached hydrogens (tertiary/aromatic N) is 2. The molecule has 5 rings (SSSR count). The molecule has 3 heterocycles. The number of amides is 1. The molecule has 0 saturated heterocycles. The standard InChI is InChI=1S/C29H24F3N3O4S/c1-2-38-27(37)24-25(18-7-4-3-5-8-18)34-28-35(26(24)19-10-12-20(13-11-19)29(30,31)32)21(17-40-28)15-23(36)33-16-22-9-6-14-39-22/h3-14,17,26H,2,15-16H2,1H3,(H,33,36). The lowest BCUT2D eigenvalue weighted by Crippen LogP contribution is -2.38. The fourth-order valence-electron chi connectivity index (χ4n) is 4.48. The van der Waals surface area contributed by atoms with E-state index in [0.717, 1.165) is 12.1 Å². The van der Waals surface area contributed by atoms with Gasteiger partial charge in [0, 0.05) is 11.3 Å². The molecule has 2 aliphatic heterocycles. The molecule has 2 aromatic carbocycles. The molecule has 40 heavy (non-hydrogen) atoms. The molecule has 1 N–H and O–H groups in total. The van der Waals surface area contributed by atoms with Crippen LogP contribution < -0.4 is 5.32 Å². The molecule has 0 bridgehead atoms. The van der Waals surface area contributed by atoms with Crippen LogP contribution in [-0.4, -0.2) is 28.6 Å². The molecule has 11 heteroatoms. The number of aliphatic imine (C=N–C) groups is 1. The number of nitrogens with one attached hydrogen (secondary N) is 1. The first-order valence-electron chi connectivity index (χ1n) is 12.4. The highest BCUT2D eigenvalue weighted by atomic mass is 32.2. The Morgan fingerprint density at radius 2 is 1.82 bits per heavy atom. The Kier molecular flexibility index (Phi) is 7.83. The second-order valence-electron chi connectivity index (χ2n) is 8.90. The third-order valence-electron chi connectivity index (χ3n) is 6.29. The fraction of sp³-hybridized carbons (Fsp3) is 0.207. The van der Waals surface area contributed by atoms with E-state index in [-0.39, 0.29) is 31.1 Å². The first-order valence-corrected chi connectivity index (χ1v) is 13.3. The lowest BCUT2D eigenvalue weighted by atomic mass is 9.91. The average molecular weight is 568 g/mol. The van der Waals surface area contributed by atoms with Crippen molar-refractivity contribution in [3.63, 3.8) is 0 Å². The molecule has 1 aromatic heterocycles. The molecule has 2 aliphatic rings. The number of hydrogen-bond acceptors (Lipinski definition) is 7. The Morgan fingerprint density at radius 1 is 1.07 bits per heavy atom. The highest BCUT2D eigenvalue weighted by Gasteiger charge is 2.42. The number of fused-ring (bicyclic) bond motifs is 1. The number of thioether (sulfide) groups is 1. The molecular formula is C29H24F3N3O4S. The maximum Gasteiger partial charge on any atom is 0.416 e. The van der Waals surface area contributed by atoms with Gasteiger partial charge in [0.15, 0.2) is 5.17 Å². The van der Waals surface area contributed by atoms with Crippen molar-refractivity contribution in [1.29, 1.82) is 0 Å². The summed E-state index contributed by atoms with van der Waals surface area (Å²) in [7, 11) is 0. The quantitative estimate of drug-likeness (QED) is 0.323. The van der Waals surface area contributed by atoms with Crippen LogP contribution in [-0.2, 0) is 27.0 Å². The zero-order valence-corrected chi connectivity index (χ0v) is 22.1. The number of alkyl halides is 3. The van der Waals surface area contributed by atoms with Crippen LogP contribution >= 0.6 is 11.8 Å². The molecule has 3 aromatic rings. The molecule has 0 fully saturated rings. The van der Waals surface area contributed by atoms with Gasteiger partial charge in [0.25, 0.3) is 0 Å². The maximum absolute atomic E-state index is 13.5. The second-order valence-corrected chi connectivity index (χ2v) is 9.73. The third-order valence-corrected chi connectivity index (χ3v) is 7.18. The lowest BCUT2D eigenvalue weighted by molar-refractivity contribution is -0.139. The average Bonchev–Trinajstić information content (AvgIpc) is 3.61. The van der Waals surface area contributed by atoms with E-state index in [9.17, 15) is 22.8 Å². The first-order chi connectivity index (χ1) is 19.3. The van der Waals surface area contributed by atoms with Crippen LogP contribution in [0, 0.1) is 0 Å². The number of hydrogen-bond donors (Lipinski definition) is 1. The molecule has 1 amide bonds. The van der Waals surface area contributed by atoms with Gasteiger partial charge >= 0.3 is 12.1 Å². The molecule has 0 radical (unpaired) electrons. The number of rotatable bonds is 8. The second kappa shape index (κ2) is 11.5. The minimum absolute atomic E-state index is 0.0549. The Labute approximate surface area is 232 Å². The van der Waals surface area contributed by atoms with Gasteiger partial charge in [-0.1, -0.05) is 54.2 Å². The predicted octanol–water partition coefficient (Wildman–Crippen LogP) is 6.28. The molecular weight excluding hydrogens is 543 g/mol. The van der Waals surface area contributed by atoms with Gasteiger partial charge in [-0.3, -0.25) is 4.79 Å². The Morgan fingerprint density at radius 3 is 2.48 bits per heavy atom. The van der Waals surface area contributed by atoms with Gasteiger partial charge in [0.1, 0.15) is 5.76 Å². The Hall–Kier alpha value is -4.25. The number of carbonyl (C=O) groups excluding carboxylic acids is 2. The van der Waals surface area contributed by atoms with Gasteiger partial charge in [0.05, 0.1) is 48.7 Å². The van der Waals surface area contributed by atoms with Crippen LogP contribution in [0.5, 0.6) is 0 Å². The van der Waals surface area contributed by atoms with Crippen molar-refractivity contribution in [2.24, 2.45) is 4.99 Å². The Bertz CT molecular complexity index is 1480. The van der Waals surface area contributed by atoms with Crippen molar-refractivity contribution in [3.8, 4) is 0 Å². The van der Waals surface area contributed by atoms with Crippen molar-refractivity contribution < 1.29 is 31.9 Å². The normalized spacial score (nSPS) is 16.8. The van der Waals surface area contributed by atoms with Crippen LogP contribution in [0.1, 0.15) is 41.8 Å². The van der Waals surface area contributed by atoms with E-state index in [0.29, 0.717) is 33.4 Å². The summed E-state index contributed by atoms with van der Waals surface area (Å²) in [5.41, 5.74) is 1.33. The van der Waals surface area contributed by atoms with Gasteiger partial charge in [-0.05, 0) is 42.2 Å². The number of amidine groups is 1. The van der Waals surface area contributed by atoms with E-state index in [2.05, 4.69) is 5.32 Å². The van der Waals surface area contributed by atoms with Crippen molar-refractivity contribution in [2.75, 3.05) is 6.61 Å². The van der Waals surface area contributed by atoms with Gasteiger partial charge < -0.3 is 19.4 Å². The first kappa shape index (κ1) is 27.3. The SMILES string of the molecule is CCOC(=O)C1=C(c2ccccc2)N=C2SC=C(CC(=O)NCc3ccco3)N2C1c1ccc(C(F)(F)F)cc1. The highest BCUT2D eigenvalue weighted by molar-refractivity contribution is 8.16. The van der Waals surface area contributed by atoms with Crippen LogP contribution in [0.25, 0.3) is 5.70 Å². The van der Waals surface area contributed by atoms with E-state index in [1.807, 2.05) is 6.07 Å². The summed E-state index contributed by atoms with van der Waals surface area (Å²) in [6, 6.07) is 16.3.